The summed E-state index contributed by atoms with van der Waals surface area (Å²) in [5.74, 6) is 0.804. The van der Waals surface area contributed by atoms with Crippen molar-refractivity contribution in [3.8, 4) is 0 Å². The molecule has 0 amide bonds. The van der Waals surface area contributed by atoms with E-state index in [0.29, 0.717) is 0 Å². The fourth-order valence-corrected chi connectivity index (χ4v) is 1.51. The van der Waals surface area contributed by atoms with Crippen LogP contribution in [-0.2, 0) is 4.74 Å². The Bertz CT molecular complexity index is 95.7. The molecule has 1 unspecified atom stereocenters. The van der Waals surface area contributed by atoms with Crippen molar-refractivity contribution < 1.29 is 9.84 Å². The second kappa shape index (κ2) is 4.73. The summed E-state index contributed by atoms with van der Waals surface area (Å²) in [5.41, 5.74) is 0. The SMILES string of the molecule is CC(O)CCC1CCOCC1. The normalized spacial score (nSPS) is 23.5. The first-order chi connectivity index (χ1) is 5.29. The topological polar surface area (TPSA) is 29.5 Å². The van der Waals surface area contributed by atoms with Crippen molar-refractivity contribution in [3.05, 3.63) is 0 Å². The maximum Gasteiger partial charge on any atom is 0.0512 e. The highest BCUT2D eigenvalue weighted by Gasteiger charge is 2.13. The molecule has 1 N–H and O–H groups in total. The van der Waals surface area contributed by atoms with Gasteiger partial charge in [-0.2, -0.15) is 0 Å². The van der Waals surface area contributed by atoms with Crippen LogP contribution in [0.3, 0.4) is 0 Å². The highest BCUT2D eigenvalue weighted by Crippen LogP contribution is 2.20. The van der Waals surface area contributed by atoms with Crippen molar-refractivity contribution in [1.82, 2.24) is 0 Å². The molecular formula is C9H18O2. The molecule has 1 fully saturated rings. The first-order valence-electron chi connectivity index (χ1n) is 4.55. The molecular weight excluding hydrogens is 140 g/mol. The summed E-state index contributed by atoms with van der Waals surface area (Å²) < 4.78 is 5.24. The average molecular weight is 158 g/mol. The minimum atomic E-state index is -0.127. The van der Waals surface area contributed by atoms with E-state index in [-0.39, 0.29) is 6.10 Å². The minimum Gasteiger partial charge on any atom is -0.393 e. The van der Waals surface area contributed by atoms with Gasteiger partial charge in [0.1, 0.15) is 0 Å². The monoisotopic (exact) mass is 158 g/mol. The molecule has 0 saturated carbocycles. The van der Waals surface area contributed by atoms with Crippen molar-refractivity contribution in [2.75, 3.05) is 13.2 Å². The number of hydrogen-bond acceptors (Lipinski definition) is 2. The molecule has 2 nitrogen and oxygen atoms in total. The standard InChI is InChI=1S/C9H18O2/c1-8(10)2-3-9-4-6-11-7-5-9/h8-10H,2-7H2,1H3. The summed E-state index contributed by atoms with van der Waals surface area (Å²) in [6.45, 7) is 3.70. The van der Waals surface area contributed by atoms with Crippen molar-refractivity contribution >= 4 is 0 Å². The van der Waals surface area contributed by atoms with Gasteiger partial charge in [0.2, 0.25) is 0 Å². The van der Waals surface area contributed by atoms with Gasteiger partial charge in [0.25, 0.3) is 0 Å². The molecule has 1 heterocycles. The highest BCUT2D eigenvalue weighted by atomic mass is 16.5. The lowest BCUT2D eigenvalue weighted by Gasteiger charge is -2.22. The quantitative estimate of drug-likeness (QED) is 0.675. The van der Waals surface area contributed by atoms with Crippen LogP contribution in [0.25, 0.3) is 0 Å². The molecule has 0 spiro atoms. The van der Waals surface area contributed by atoms with Gasteiger partial charge in [-0.25, -0.2) is 0 Å². The summed E-state index contributed by atoms with van der Waals surface area (Å²) in [5, 5.41) is 9.05. The van der Waals surface area contributed by atoms with E-state index in [1.54, 1.807) is 0 Å². The summed E-state index contributed by atoms with van der Waals surface area (Å²) in [4.78, 5) is 0. The summed E-state index contributed by atoms with van der Waals surface area (Å²) in [6.07, 6.45) is 4.36. The van der Waals surface area contributed by atoms with Crippen molar-refractivity contribution in [1.29, 1.82) is 0 Å². The average Bonchev–Trinajstić information content (AvgIpc) is 2.03. The Morgan fingerprint density at radius 2 is 2.09 bits per heavy atom. The Morgan fingerprint density at radius 3 is 2.64 bits per heavy atom. The van der Waals surface area contributed by atoms with Crippen LogP contribution in [0.2, 0.25) is 0 Å². The van der Waals surface area contributed by atoms with Crippen molar-refractivity contribution in [3.63, 3.8) is 0 Å². The number of rotatable bonds is 3. The molecule has 0 aromatic rings. The van der Waals surface area contributed by atoms with Gasteiger partial charge in [0.15, 0.2) is 0 Å². The molecule has 0 aromatic heterocycles. The van der Waals surface area contributed by atoms with E-state index in [4.69, 9.17) is 9.84 Å². The van der Waals surface area contributed by atoms with Gasteiger partial charge in [-0.05, 0) is 38.5 Å². The van der Waals surface area contributed by atoms with E-state index >= 15 is 0 Å². The fourth-order valence-electron chi connectivity index (χ4n) is 1.51. The first kappa shape index (κ1) is 9.01. The Kier molecular flexibility index (Phi) is 3.87. The molecule has 1 saturated heterocycles. The molecule has 2 heteroatoms. The maximum absolute atomic E-state index is 9.05. The smallest absolute Gasteiger partial charge is 0.0512 e. The van der Waals surface area contributed by atoms with Crippen LogP contribution >= 0.6 is 0 Å². The number of aliphatic hydroxyl groups is 1. The lowest BCUT2D eigenvalue weighted by atomic mass is 9.94. The lowest BCUT2D eigenvalue weighted by Crippen LogP contribution is -2.16. The zero-order valence-corrected chi connectivity index (χ0v) is 7.25. The Labute approximate surface area is 68.6 Å². The van der Waals surface area contributed by atoms with Crippen LogP contribution in [0.5, 0.6) is 0 Å². The summed E-state index contributed by atoms with van der Waals surface area (Å²) in [7, 11) is 0. The van der Waals surface area contributed by atoms with E-state index in [0.717, 1.165) is 25.6 Å². The van der Waals surface area contributed by atoms with Crippen LogP contribution < -0.4 is 0 Å². The Hall–Kier alpha value is -0.0800. The number of aliphatic hydroxyl groups excluding tert-OH is 1. The fraction of sp³-hybridized carbons (Fsp3) is 1.00. The molecule has 0 radical (unpaired) electrons. The molecule has 0 aromatic carbocycles. The molecule has 66 valence electrons. The third-order valence-corrected chi connectivity index (χ3v) is 2.33. The summed E-state index contributed by atoms with van der Waals surface area (Å²) in [6, 6.07) is 0. The molecule has 1 rings (SSSR count). The minimum absolute atomic E-state index is 0.127. The molecule has 1 atom stereocenters. The molecule has 1 aliphatic rings. The van der Waals surface area contributed by atoms with Crippen LogP contribution in [0.4, 0.5) is 0 Å². The second-order valence-corrected chi connectivity index (χ2v) is 3.48. The summed E-state index contributed by atoms with van der Waals surface area (Å²) >= 11 is 0. The van der Waals surface area contributed by atoms with Gasteiger partial charge >= 0.3 is 0 Å². The van der Waals surface area contributed by atoms with Gasteiger partial charge in [-0.15, -0.1) is 0 Å². The van der Waals surface area contributed by atoms with Crippen molar-refractivity contribution in [2.24, 2.45) is 5.92 Å². The largest absolute Gasteiger partial charge is 0.393 e. The van der Waals surface area contributed by atoms with Gasteiger partial charge in [-0.1, -0.05) is 0 Å². The van der Waals surface area contributed by atoms with Crippen LogP contribution in [0.15, 0.2) is 0 Å². The Morgan fingerprint density at radius 1 is 1.45 bits per heavy atom. The first-order valence-corrected chi connectivity index (χ1v) is 4.55. The predicted molar refractivity (Wildman–Crippen MR) is 44.5 cm³/mol. The van der Waals surface area contributed by atoms with E-state index in [1.807, 2.05) is 6.92 Å². The predicted octanol–water partition coefficient (Wildman–Crippen LogP) is 1.57. The Balaban J connectivity index is 2.05. The highest BCUT2D eigenvalue weighted by molar-refractivity contribution is 4.64. The van der Waals surface area contributed by atoms with E-state index in [2.05, 4.69) is 0 Å². The van der Waals surface area contributed by atoms with E-state index < -0.39 is 0 Å². The number of ether oxygens (including phenoxy) is 1. The van der Waals surface area contributed by atoms with E-state index in [9.17, 15) is 0 Å². The van der Waals surface area contributed by atoms with Gasteiger partial charge in [-0.3, -0.25) is 0 Å². The molecule has 0 bridgehead atoms. The zero-order chi connectivity index (χ0) is 8.10. The third-order valence-electron chi connectivity index (χ3n) is 2.33. The van der Waals surface area contributed by atoms with Crippen LogP contribution in [0.1, 0.15) is 32.6 Å². The van der Waals surface area contributed by atoms with Gasteiger partial charge < -0.3 is 9.84 Å². The van der Waals surface area contributed by atoms with Gasteiger partial charge in [0, 0.05) is 13.2 Å². The molecule has 0 aliphatic carbocycles. The molecule has 11 heavy (non-hydrogen) atoms. The van der Waals surface area contributed by atoms with Crippen LogP contribution in [-0.4, -0.2) is 24.4 Å². The second-order valence-electron chi connectivity index (χ2n) is 3.48. The maximum atomic E-state index is 9.05. The molecule has 1 aliphatic heterocycles. The third kappa shape index (κ3) is 3.73. The zero-order valence-electron chi connectivity index (χ0n) is 7.25. The number of hydrogen-bond donors (Lipinski definition) is 1. The van der Waals surface area contributed by atoms with Crippen molar-refractivity contribution in [2.45, 2.75) is 38.7 Å². The lowest BCUT2D eigenvalue weighted by molar-refractivity contribution is 0.0581. The van der Waals surface area contributed by atoms with Crippen LogP contribution in [0, 0.1) is 5.92 Å². The van der Waals surface area contributed by atoms with Gasteiger partial charge in [0.05, 0.1) is 6.10 Å². The van der Waals surface area contributed by atoms with E-state index in [1.165, 1.54) is 19.3 Å².